The van der Waals surface area contributed by atoms with Crippen molar-refractivity contribution in [2.75, 3.05) is 18.4 Å². The van der Waals surface area contributed by atoms with Gasteiger partial charge in [0, 0.05) is 10.6 Å². The molecule has 3 N–H and O–H groups in total. The van der Waals surface area contributed by atoms with Gasteiger partial charge in [-0.3, -0.25) is 15.1 Å². The Morgan fingerprint density at radius 3 is 2.67 bits per heavy atom. The SMILES string of the molecule is O=C(Nc1ccc(SC(F)F)cc1)C1=[NH+]CCN1. The summed E-state index contributed by atoms with van der Waals surface area (Å²) < 4.78 is 24.2. The fourth-order valence-electron chi connectivity index (χ4n) is 1.51. The number of benzene rings is 1. The summed E-state index contributed by atoms with van der Waals surface area (Å²) >= 11 is 0.475. The molecule has 96 valence electrons. The van der Waals surface area contributed by atoms with Crippen molar-refractivity contribution >= 4 is 29.2 Å². The Hall–Kier alpha value is -1.63. The lowest BCUT2D eigenvalue weighted by Crippen LogP contribution is -2.73. The van der Waals surface area contributed by atoms with Crippen molar-refractivity contribution in [3.8, 4) is 0 Å². The third-order valence-corrected chi connectivity index (χ3v) is 3.02. The summed E-state index contributed by atoms with van der Waals surface area (Å²) in [6.45, 7) is 1.43. The fraction of sp³-hybridized carbons (Fsp3) is 0.273. The van der Waals surface area contributed by atoms with E-state index >= 15 is 0 Å². The van der Waals surface area contributed by atoms with Gasteiger partial charge in [-0.2, -0.15) is 8.78 Å². The zero-order chi connectivity index (χ0) is 13.0. The van der Waals surface area contributed by atoms with Gasteiger partial charge in [-0.15, -0.1) is 0 Å². The molecule has 1 aromatic rings. The molecule has 2 rings (SSSR count). The highest BCUT2D eigenvalue weighted by atomic mass is 32.2. The molecular weight excluding hydrogens is 260 g/mol. The molecule has 0 saturated heterocycles. The molecule has 4 nitrogen and oxygen atoms in total. The number of carbonyl (C=O) groups is 1. The summed E-state index contributed by atoms with van der Waals surface area (Å²) in [6, 6.07) is 6.29. The Labute approximate surface area is 107 Å². The van der Waals surface area contributed by atoms with Gasteiger partial charge in [-0.1, -0.05) is 11.8 Å². The number of amides is 1. The Bertz CT molecular complexity index is 462. The van der Waals surface area contributed by atoms with Crippen LogP contribution in [0, 0.1) is 0 Å². The molecule has 1 aliphatic heterocycles. The number of anilines is 1. The van der Waals surface area contributed by atoms with E-state index in [1.54, 1.807) is 24.3 Å². The third-order valence-electron chi connectivity index (χ3n) is 2.29. The Balaban J connectivity index is 1.95. The van der Waals surface area contributed by atoms with Crippen LogP contribution in [0.25, 0.3) is 0 Å². The highest BCUT2D eigenvalue weighted by Crippen LogP contribution is 2.26. The summed E-state index contributed by atoms with van der Waals surface area (Å²) in [6.07, 6.45) is 0. The highest BCUT2D eigenvalue weighted by molar-refractivity contribution is 7.99. The van der Waals surface area contributed by atoms with E-state index in [1.165, 1.54) is 0 Å². The number of carbonyl (C=O) groups excluding carboxylic acids is 1. The van der Waals surface area contributed by atoms with Crippen LogP contribution in [0.3, 0.4) is 0 Å². The average Bonchev–Trinajstić information content (AvgIpc) is 2.84. The molecule has 7 heteroatoms. The average molecular weight is 272 g/mol. The van der Waals surface area contributed by atoms with E-state index < -0.39 is 5.76 Å². The van der Waals surface area contributed by atoms with Gasteiger partial charge in [0.05, 0.1) is 0 Å². The van der Waals surface area contributed by atoms with Crippen molar-refractivity contribution in [1.29, 1.82) is 0 Å². The van der Waals surface area contributed by atoms with Crippen molar-refractivity contribution in [2.45, 2.75) is 10.7 Å². The minimum atomic E-state index is -2.44. The van der Waals surface area contributed by atoms with Gasteiger partial charge in [-0.25, -0.2) is 0 Å². The number of rotatable bonds is 4. The molecule has 0 atom stereocenters. The second kappa shape index (κ2) is 5.81. The lowest BCUT2D eigenvalue weighted by Gasteiger charge is -2.04. The molecule has 18 heavy (non-hydrogen) atoms. The van der Waals surface area contributed by atoms with Gasteiger partial charge in [0.15, 0.2) is 0 Å². The second-order valence-corrected chi connectivity index (χ2v) is 4.65. The van der Waals surface area contributed by atoms with Crippen molar-refractivity contribution < 1.29 is 18.6 Å². The van der Waals surface area contributed by atoms with E-state index in [0.29, 0.717) is 41.3 Å². The maximum absolute atomic E-state index is 12.1. The number of halogens is 2. The molecule has 0 fully saturated rings. The molecule has 0 aromatic heterocycles. The Kier molecular flexibility index (Phi) is 4.14. The van der Waals surface area contributed by atoms with E-state index in [9.17, 15) is 13.6 Å². The summed E-state index contributed by atoms with van der Waals surface area (Å²) in [7, 11) is 0. The van der Waals surface area contributed by atoms with Crippen LogP contribution in [0.1, 0.15) is 0 Å². The number of thioether (sulfide) groups is 1. The highest BCUT2D eigenvalue weighted by Gasteiger charge is 2.21. The van der Waals surface area contributed by atoms with Gasteiger partial charge in [0.25, 0.3) is 5.76 Å². The molecule has 1 aromatic carbocycles. The van der Waals surface area contributed by atoms with Crippen LogP contribution in [-0.4, -0.2) is 30.6 Å². The van der Waals surface area contributed by atoms with E-state index in [4.69, 9.17) is 0 Å². The molecule has 0 unspecified atom stereocenters. The van der Waals surface area contributed by atoms with Gasteiger partial charge < -0.3 is 5.32 Å². The molecular formula is C11H12F2N3OS+. The van der Waals surface area contributed by atoms with Gasteiger partial charge in [0.1, 0.15) is 13.1 Å². The number of hydrogen-bond acceptors (Lipinski definition) is 3. The number of alkyl halides is 2. The van der Waals surface area contributed by atoms with Crippen molar-refractivity contribution in [1.82, 2.24) is 5.32 Å². The van der Waals surface area contributed by atoms with Crippen molar-refractivity contribution in [3.05, 3.63) is 24.3 Å². The summed E-state index contributed by atoms with van der Waals surface area (Å²) in [5, 5.41) is 5.57. The minimum Gasteiger partial charge on any atom is -0.315 e. The van der Waals surface area contributed by atoms with Crippen LogP contribution in [0.4, 0.5) is 14.5 Å². The van der Waals surface area contributed by atoms with Crippen molar-refractivity contribution in [3.63, 3.8) is 0 Å². The first kappa shape index (κ1) is 12.8. The molecule has 1 heterocycles. The molecule has 0 bridgehead atoms. The summed E-state index contributed by atoms with van der Waals surface area (Å²) in [5.41, 5.74) is 0.571. The zero-order valence-corrected chi connectivity index (χ0v) is 10.2. The molecule has 0 saturated carbocycles. The predicted octanol–water partition coefficient (Wildman–Crippen LogP) is 0.0221. The van der Waals surface area contributed by atoms with Gasteiger partial charge in [0.2, 0.25) is 0 Å². The molecule has 0 aliphatic carbocycles. The van der Waals surface area contributed by atoms with E-state index in [1.807, 2.05) is 0 Å². The fourth-order valence-corrected chi connectivity index (χ4v) is 2.01. The molecule has 0 radical (unpaired) electrons. The monoisotopic (exact) mass is 272 g/mol. The number of nitrogens with one attached hydrogen (secondary N) is 3. The second-order valence-electron chi connectivity index (χ2n) is 3.59. The first-order valence-corrected chi connectivity index (χ1v) is 6.24. The van der Waals surface area contributed by atoms with Crippen LogP contribution >= 0.6 is 11.8 Å². The van der Waals surface area contributed by atoms with E-state index in [0.717, 1.165) is 0 Å². The third kappa shape index (κ3) is 3.43. The largest absolute Gasteiger partial charge is 0.337 e. The summed E-state index contributed by atoms with van der Waals surface area (Å²) in [4.78, 5) is 15.0. The Morgan fingerprint density at radius 1 is 1.39 bits per heavy atom. The first-order chi connectivity index (χ1) is 8.65. The van der Waals surface area contributed by atoms with E-state index in [-0.39, 0.29) is 5.91 Å². The predicted molar refractivity (Wildman–Crippen MR) is 65.8 cm³/mol. The molecule has 1 aliphatic rings. The van der Waals surface area contributed by atoms with Gasteiger partial charge >= 0.3 is 11.7 Å². The van der Waals surface area contributed by atoms with Crippen LogP contribution < -0.4 is 15.6 Å². The maximum atomic E-state index is 12.1. The normalized spacial score (nSPS) is 14.3. The van der Waals surface area contributed by atoms with Crippen LogP contribution in [0.15, 0.2) is 29.2 Å². The lowest BCUT2D eigenvalue weighted by molar-refractivity contribution is -0.443. The topological polar surface area (TPSA) is 55.1 Å². The molecule has 0 spiro atoms. The van der Waals surface area contributed by atoms with Crippen molar-refractivity contribution in [2.24, 2.45) is 0 Å². The van der Waals surface area contributed by atoms with Crippen LogP contribution in [0.5, 0.6) is 0 Å². The number of hydrogen-bond donors (Lipinski definition) is 3. The smallest absolute Gasteiger partial charge is 0.315 e. The summed E-state index contributed by atoms with van der Waals surface area (Å²) in [5.74, 6) is -2.27. The minimum absolute atomic E-state index is 0.262. The number of amidine groups is 1. The zero-order valence-electron chi connectivity index (χ0n) is 9.37. The van der Waals surface area contributed by atoms with Gasteiger partial charge in [-0.05, 0) is 24.3 Å². The first-order valence-electron chi connectivity index (χ1n) is 5.36. The van der Waals surface area contributed by atoms with Crippen LogP contribution in [0.2, 0.25) is 0 Å². The lowest BCUT2D eigenvalue weighted by atomic mass is 10.3. The van der Waals surface area contributed by atoms with Crippen LogP contribution in [-0.2, 0) is 4.79 Å². The maximum Gasteiger partial charge on any atom is 0.337 e. The Morgan fingerprint density at radius 2 is 2.11 bits per heavy atom. The standard InChI is InChI=1S/C11H11F2N3OS/c12-11(13)18-8-3-1-7(2-4-8)16-10(17)9-14-5-6-15-9/h1-4,11H,5-6H2,(H,14,15)(H,16,17)/p+1. The van der Waals surface area contributed by atoms with E-state index in [2.05, 4.69) is 15.6 Å². The molecule has 1 amide bonds. The quantitative estimate of drug-likeness (QED) is 0.678.